The molecule has 1 aromatic carbocycles. The topological polar surface area (TPSA) is 23.6 Å². The molecule has 0 aromatic heterocycles. The van der Waals surface area contributed by atoms with Crippen molar-refractivity contribution in [2.75, 3.05) is 32.7 Å². The van der Waals surface area contributed by atoms with E-state index in [0.717, 1.165) is 32.7 Å². The number of hydrogen-bond donors (Lipinski definition) is 0. The third-order valence-electron chi connectivity index (χ3n) is 3.33. The van der Waals surface area contributed by atoms with Crippen molar-refractivity contribution in [2.24, 2.45) is 0 Å². The SMILES string of the molecule is C=CC(=O)N1CCN(CC=Cc2ccccc2)CC1. The molecule has 2 rings (SSSR count). The Kier molecular flexibility index (Phi) is 4.93. The number of rotatable bonds is 4. The van der Waals surface area contributed by atoms with Crippen LogP contribution in [0.5, 0.6) is 0 Å². The Hall–Kier alpha value is -1.87. The molecule has 1 amide bonds. The van der Waals surface area contributed by atoms with Crippen LogP contribution in [-0.2, 0) is 4.79 Å². The van der Waals surface area contributed by atoms with Gasteiger partial charge in [0, 0.05) is 32.7 Å². The molecule has 19 heavy (non-hydrogen) atoms. The zero-order chi connectivity index (χ0) is 13.5. The molecule has 1 aliphatic heterocycles. The second-order valence-corrected chi connectivity index (χ2v) is 4.64. The number of piperazine rings is 1. The molecule has 1 heterocycles. The van der Waals surface area contributed by atoms with E-state index in [1.165, 1.54) is 11.6 Å². The zero-order valence-electron chi connectivity index (χ0n) is 11.2. The standard InChI is InChI=1S/C16H20N2O/c1-2-16(19)18-13-11-17(12-14-18)10-6-9-15-7-4-3-5-8-15/h2-9H,1,10-14H2. The molecule has 0 bridgehead atoms. The maximum Gasteiger partial charge on any atom is 0.246 e. The van der Waals surface area contributed by atoms with Gasteiger partial charge >= 0.3 is 0 Å². The minimum Gasteiger partial charge on any atom is -0.337 e. The lowest BCUT2D eigenvalue weighted by molar-refractivity contribution is -0.127. The van der Waals surface area contributed by atoms with Gasteiger partial charge in [-0.25, -0.2) is 0 Å². The van der Waals surface area contributed by atoms with Crippen LogP contribution in [-0.4, -0.2) is 48.4 Å². The summed E-state index contributed by atoms with van der Waals surface area (Å²) < 4.78 is 0. The number of hydrogen-bond acceptors (Lipinski definition) is 2. The highest BCUT2D eigenvalue weighted by molar-refractivity contribution is 5.87. The van der Waals surface area contributed by atoms with Gasteiger partial charge in [-0.05, 0) is 11.6 Å². The molecule has 100 valence electrons. The highest BCUT2D eigenvalue weighted by Gasteiger charge is 2.17. The van der Waals surface area contributed by atoms with Crippen molar-refractivity contribution in [2.45, 2.75) is 0 Å². The molecular weight excluding hydrogens is 236 g/mol. The lowest BCUT2D eigenvalue weighted by Gasteiger charge is -2.33. The Morgan fingerprint density at radius 3 is 2.47 bits per heavy atom. The van der Waals surface area contributed by atoms with Crippen molar-refractivity contribution in [1.29, 1.82) is 0 Å². The minimum absolute atomic E-state index is 0.0412. The first-order chi connectivity index (χ1) is 9.29. The van der Waals surface area contributed by atoms with Crippen molar-refractivity contribution in [3.8, 4) is 0 Å². The van der Waals surface area contributed by atoms with E-state index in [2.05, 4.69) is 35.8 Å². The molecule has 0 aliphatic carbocycles. The maximum atomic E-state index is 11.4. The highest BCUT2D eigenvalue weighted by Crippen LogP contribution is 2.04. The summed E-state index contributed by atoms with van der Waals surface area (Å²) in [6.45, 7) is 7.91. The van der Waals surface area contributed by atoms with Gasteiger partial charge in [0.15, 0.2) is 0 Å². The summed E-state index contributed by atoms with van der Waals surface area (Å²) in [6, 6.07) is 10.3. The summed E-state index contributed by atoms with van der Waals surface area (Å²) in [6.07, 6.45) is 5.71. The summed E-state index contributed by atoms with van der Waals surface area (Å²) in [5.74, 6) is 0.0412. The largest absolute Gasteiger partial charge is 0.337 e. The molecule has 0 radical (unpaired) electrons. The van der Waals surface area contributed by atoms with Gasteiger partial charge in [0.05, 0.1) is 0 Å². The molecule has 0 spiro atoms. The Balaban J connectivity index is 1.76. The quantitative estimate of drug-likeness (QED) is 0.770. The second kappa shape index (κ2) is 6.90. The molecule has 1 aliphatic rings. The Labute approximate surface area is 114 Å². The molecular formula is C16H20N2O. The monoisotopic (exact) mass is 256 g/mol. The summed E-state index contributed by atoms with van der Waals surface area (Å²) in [7, 11) is 0. The first kappa shape index (κ1) is 13.6. The van der Waals surface area contributed by atoms with Crippen LogP contribution in [0.4, 0.5) is 0 Å². The fraction of sp³-hybridized carbons (Fsp3) is 0.312. The van der Waals surface area contributed by atoms with Gasteiger partial charge in [-0.3, -0.25) is 9.69 Å². The summed E-state index contributed by atoms with van der Waals surface area (Å²) in [5.41, 5.74) is 1.22. The number of carbonyl (C=O) groups is 1. The molecule has 0 N–H and O–H groups in total. The van der Waals surface area contributed by atoms with Gasteiger partial charge in [0.2, 0.25) is 5.91 Å². The Morgan fingerprint density at radius 2 is 1.84 bits per heavy atom. The van der Waals surface area contributed by atoms with E-state index >= 15 is 0 Å². The molecule has 0 unspecified atom stereocenters. The third kappa shape index (κ3) is 4.07. The molecule has 1 fully saturated rings. The predicted octanol–water partition coefficient (Wildman–Crippen LogP) is 2.03. The van der Waals surface area contributed by atoms with Crippen molar-refractivity contribution in [3.63, 3.8) is 0 Å². The first-order valence-corrected chi connectivity index (χ1v) is 6.65. The van der Waals surface area contributed by atoms with Gasteiger partial charge in [-0.2, -0.15) is 0 Å². The number of carbonyl (C=O) groups excluding carboxylic acids is 1. The molecule has 3 heteroatoms. The molecule has 1 aromatic rings. The van der Waals surface area contributed by atoms with Crippen molar-refractivity contribution < 1.29 is 4.79 Å². The van der Waals surface area contributed by atoms with Crippen LogP contribution in [0.15, 0.2) is 49.1 Å². The fourth-order valence-electron chi connectivity index (χ4n) is 2.18. The van der Waals surface area contributed by atoms with Crippen LogP contribution in [0.25, 0.3) is 6.08 Å². The second-order valence-electron chi connectivity index (χ2n) is 4.64. The van der Waals surface area contributed by atoms with Crippen LogP contribution in [0.1, 0.15) is 5.56 Å². The van der Waals surface area contributed by atoms with E-state index in [0.29, 0.717) is 0 Å². The normalized spacial score (nSPS) is 16.7. The summed E-state index contributed by atoms with van der Waals surface area (Å²) >= 11 is 0. The lowest BCUT2D eigenvalue weighted by Crippen LogP contribution is -2.48. The van der Waals surface area contributed by atoms with Crippen molar-refractivity contribution in [3.05, 3.63) is 54.6 Å². The van der Waals surface area contributed by atoms with Crippen LogP contribution in [0.2, 0.25) is 0 Å². The third-order valence-corrected chi connectivity index (χ3v) is 3.33. The van der Waals surface area contributed by atoms with Crippen LogP contribution in [0.3, 0.4) is 0 Å². The predicted molar refractivity (Wildman–Crippen MR) is 78.7 cm³/mol. The summed E-state index contributed by atoms with van der Waals surface area (Å²) in [5, 5.41) is 0. The van der Waals surface area contributed by atoms with Crippen molar-refractivity contribution >= 4 is 12.0 Å². The molecule has 0 saturated carbocycles. The van der Waals surface area contributed by atoms with Gasteiger partial charge in [0.1, 0.15) is 0 Å². The lowest BCUT2D eigenvalue weighted by atomic mass is 10.2. The van der Waals surface area contributed by atoms with Crippen LogP contribution >= 0.6 is 0 Å². The van der Waals surface area contributed by atoms with Gasteiger partial charge in [-0.1, -0.05) is 49.1 Å². The van der Waals surface area contributed by atoms with Gasteiger partial charge in [-0.15, -0.1) is 0 Å². The number of benzene rings is 1. The molecule has 1 saturated heterocycles. The minimum atomic E-state index is 0.0412. The average molecular weight is 256 g/mol. The summed E-state index contributed by atoms with van der Waals surface area (Å²) in [4.78, 5) is 15.7. The van der Waals surface area contributed by atoms with E-state index in [1.54, 1.807) is 0 Å². The Morgan fingerprint density at radius 1 is 1.16 bits per heavy atom. The van der Waals surface area contributed by atoms with Gasteiger partial charge in [0.25, 0.3) is 0 Å². The molecule has 0 atom stereocenters. The maximum absolute atomic E-state index is 11.4. The van der Waals surface area contributed by atoms with Gasteiger partial charge < -0.3 is 4.90 Å². The van der Waals surface area contributed by atoms with E-state index in [-0.39, 0.29) is 5.91 Å². The van der Waals surface area contributed by atoms with Crippen molar-refractivity contribution in [1.82, 2.24) is 9.80 Å². The number of nitrogens with zero attached hydrogens (tertiary/aromatic N) is 2. The van der Waals surface area contributed by atoms with Crippen LogP contribution in [0, 0.1) is 0 Å². The highest BCUT2D eigenvalue weighted by atomic mass is 16.2. The smallest absolute Gasteiger partial charge is 0.246 e. The fourth-order valence-corrected chi connectivity index (χ4v) is 2.18. The van der Waals surface area contributed by atoms with E-state index in [4.69, 9.17) is 0 Å². The molecule has 3 nitrogen and oxygen atoms in total. The van der Waals surface area contributed by atoms with E-state index < -0.39 is 0 Å². The van der Waals surface area contributed by atoms with E-state index in [9.17, 15) is 4.79 Å². The Bertz CT molecular complexity index is 445. The number of amides is 1. The average Bonchev–Trinajstić information content (AvgIpc) is 2.48. The zero-order valence-corrected chi connectivity index (χ0v) is 11.2. The van der Waals surface area contributed by atoms with Crippen LogP contribution < -0.4 is 0 Å². The first-order valence-electron chi connectivity index (χ1n) is 6.65. The van der Waals surface area contributed by atoms with E-state index in [1.807, 2.05) is 23.1 Å².